The van der Waals surface area contributed by atoms with Gasteiger partial charge < -0.3 is 9.64 Å². The maximum absolute atomic E-state index is 13.4. The minimum absolute atomic E-state index is 0.424. The Bertz CT molecular complexity index is 465. The highest BCUT2D eigenvalue weighted by Crippen LogP contribution is 2.16. The predicted octanol–water partition coefficient (Wildman–Crippen LogP) is 2.05. The number of hydrogen-bond donors (Lipinski definition) is 0. The number of ether oxygens (including phenoxy) is 1. The van der Waals surface area contributed by atoms with E-state index >= 15 is 0 Å². The van der Waals surface area contributed by atoms with Crippen LogP contribution in [0.15, 0.2) is 12.1 Å². The summed E-state index contributed by atoms with van der Waals surface area (Å²) < 4.78 is 44.3. The maximum atomic E-state index is 13.4. The minimum Gasteiger partial charge on any atom is -0.444 e. The van der Waals surface area contributed by atoms with Gasteiger partial charge in [0.05, 0.1) is 5.56 Å². The molecule has 1 aliphatic heterocycles. The Morgan fingerprint density at radius 2 is 1.90 bits per heavy atom. The Morgan fingerprint density at radius 3 is 2.60 bits per heavy atom. The Morgan fingerprint density at radius 1 is 1.20 bits per heavy atom. The molecule has 0 aromatic heterocycles. The molecule has 7 heteroatoms. The number of hydrogen-bond acceptors (Lipinski definition) is 2. The van der Waals surface area contributed by atoms with Gasteiger partial charge in [-0.2, -0.15) is 0 Å². The van der Waals surface area contributed by atoms with Crippen molar-refractivity contribution in [3.63, 3.8) is 0 Å². The first-order valence-electron chi connectivity index (χ1n) is 6.26. The van der Waals surface area contributed by atoms with Gasteiger partial charge >= 0.3 is 6.09 Å². The zero-order valence-electron chi connectivity index (χ0n) is 10.7. The highest BCUT2D eigenvalue weighted by molar-refractivity contribution is 5.67. The highest BCUT2D eigenvalue weighted by Gasteiger charge is 2.19. The molecule has 1 aromatic rings. The quantitative estimate of drug-likeness (QED) is 0.835. The topological polar surface area (TPSA) is 43.6 Å². The van der Waals surface area contributed by atoms with E-state index in [4.69, 9.17) is 4.74 Å². The van der Waals surface area contributed by atoms with Crippen LogP contribution in [0.25, 0.3) is 0 Å². The summed E-state index contributed by atoms with van der Waals surface area (Å²) in [5, 5.41) is 4.15. The second-order valence-corrected chi connectivity index (χ2v) is 4.41. The molecule has 1 heterocycles. The zero-order chi connectivity index (χ0) is 14.5. The molecule has 1 saturated heterocycles. The van der Waals surface area contributed by atoms with Crippen LogP contribution in [-0.2, 0) is 11.3 Å². The molecule has 0 saturated carbocycles. The minimum atomic E-state index is -1.07. The van der Waals surface area contributed by atoms with Gasteiger partial charge in [0.2, 0.25) is 0 Å². The van der Waals surface area contributed by atoms with Crippen LogP contribution in [0.1, 0.15) is 12.0 Å². The van der Waals surface area contributed by atoms with Crippen LogP contribution in [-0.4, -0.2) is 37.2 Å². The largest absolute Gasteiger partial charge is 0.444 e. The molecule has 1 aliphatic rings. The summed E-state index contributed by atoms with van der Waals surface area (Å²) in [5.41, 5.74) is -0.459. The van der Waals surface area contributed by atoms with Gasteiger partial charge in [-0.1, -0.05) is 0 Å². The molecule has 4 nitrogen and oxygen atoms in total. The number of benzene rings is 1. The fraction of sp³-hybridized carbons (Fsp3) is 0.462. The van der Waals surface area contributed by atoms with Crippen molar-refractivity contribution in [3.05, 3.63) is 35.1 Å². The Labute approximate surface area is 114 Å². The van der Waals surface area contributed by atoms with E-state index in [0.29, 0.717) is 38.3 Å². The molecule has 2 rings (SSSR count). The Balaban J connectivity index is 1.96. The van der Waals surface area contributed by atoms with Gasteiger partial charge in [0.15, 0.2) is 0 Å². The average Bonchev–Trinajstić information content (AvgIpc) is 2.66. The van der Waals surface area contributed by atoms with E-state index in [0.717, 1.165) is 6.42 Å². The van der Waals surface area contributed by atoms with Crippen LogP contribution in [0.4, 0.5) is 18.0 Å². The molecule has 20 heavy (non-hydrogen) atoms. The molecule has 109 valence electrons. The molecule has 0 spiro atoms. The Kier molecular flexibility index (Phi) is 4.84. The number of nitrogens with zero attached hydrogens (tertiary/aromatic N) is 2. The van der Waals surface area contributed by atoms with E-state index in [1.807, 2.05) is 0 Å². The molecule has 0 aliphatic carbocycles. The summed E-state index contributed by atoms with van der Waals surface area (Å²) in [4.78, 5) is 13.2. The lowest BCUT2D eigenvalue weighted by molar-refractivity contribution is 0.0964. The SMILES string of the molecule is O=C(OCc1c(F)cc(F)cc1F)N1CCC[N]CC1. The van der Waals surface area contributed by atoms with Crippen LogP contribution >= 0.6 is 0 Å². The molecular formula is C13H14F3N2O2. The van der Waals surface area contributed by atoms with Gasteiger partial charge in [0.1, 0.15) is 24.1 Å². The van der Waals surface area contributed by atoms with Gasteiger partial charge in [-0.25, -0.2) is 23.3 Å². The first-order chi connectivity index (χ1) is 9.58. The van der Waals surface area contributed by atoms with Gasteiger partial charge in [0.25, 0.3) is 0 Å². The van der Waals surface area contributed by atoms with E-state index in [-0.39, 0.29) is 0 Å². The van der Waals surface area contributed by atoms with Crippen molar-refractivity contribution in [1.82, 2.24) is 10.2 Å². The van der Waals surface area contributed by atoms with Crippen LogP contribution in [0.5, 0.6) is 0 Å². The fourth-order valence-corrected chi connectivity index (χ4v) is 1.91. The summed E-state index contributed by atoms with van der Waals surface area (Å²) in [6, 6.07) is 1.11. The third kappa shape index (κ3) is 3.63. The number of halogens is 3. The lowest BCUT2D eigenvalue weighted by Crippen LogP contribution is -2.34. The number of rotatable bonds is 2. The smallest absolute Gasteiger partial charge is 0.410 e. The molecule has 1 fully saturated rings. The van der Waals surface area contributed by atoms with E-state index in [9.17, 15) is 18.0 Å². The van der Waals surface area contributed by atoms with Crippen LogP contribution in [0.3, 0.4) is 0 Å². The van der Waals surface area contributed by atoms with Gasteiger partial charge in [0, 0.05) is 38.3 Å². The first kappa shape index (κ1) is 14.6. The second kappa shape index (κ2) is 6.60. The van der Waals surface area contributed by atoms with Crippen LogP contribution < -0.4 is 5.32 Å². The van der Waals surface area contributed by atoms with Crippen molar-refractivity contribution in [2.24, 2.45) is 0 Å². The molecule has 1 radical (unpaired) electrons. The van der Waals surface area contributed by atoms with Crippen molar-refractivity contribution in [1.29, 1.82) is 0 Å². The van der Waals surface area contributed by atoms with Crippen molar-refractivity contribution < 1.29 is 22.7 Å². The monoisotopic (exact) mass is 287 g/mol. The highest BCUT2D eigenvalue weighted by atomic mass is 19.1. The average molecular weight is 287 g/mol. The summed E-state index contributed by atoms with van der Waals surface area (Å²) in [6.45, 7) is 1.56. The normalized spacial score (nSPS) is 15.8. The van der Waals surface area contributed by atoms with E-state index in [2.05, 4.69) is 5.32 Å². The Hall–Kier alpha value is -1.76. The van der Waals surface area contributed by atoms with E-state index in [1.165, 1.54) is 4.90 Å². The molecule has 0 atom stereocenters. The van der Waals surface area contributed by atoms with Gasteiger partial charge in [-0.15, -0.1) is 0 Å². The second-order valence-electron chi connectivity index (χ2n) is 4.41. The summed E-state index contributed by atoms with van der Waals surface area (Å²) in [6.07, 6.45) is 0.0826. The summed E-state index contributed by atoms with van der Waals surface area (Å²) >= 11 is 0. The third-order valence-electron chi connectivity index (χ3n) is 2.98. The molecule has 0 N–H and O–H groups in total. The van der Waals surface area contributed by atoms with Gasteiger partial charge in [-0.3, -0.25) is 0 Å². The first-order valence-corrected chi connectivity index (χ1v) is 6.26. The molecule has 1 aromatic carbocycles. The zero-order valence-corrected chi connectivity index (χ0v) is 10.7. The summed E-state index contributed by atoms with van der Waals surface area (Å²) in [5.74, 6) is -3.15. The van der Waals surface area contributed by atoms with E-state index in [1.54, 1.807) is 0 Å². The van der Waals surface area contributed by atoms with Crippen LogP contribution in [0.2, 0.25) is 0 Å². The molecule has 0 unspecified atom stereocenters. The fourth-order valence-electron chi connectivity index (χ4n) is 1.91. The standard InChI is InChI=1S/C13H14F3N2O2/c14-9-6-11(15)10(12(16)7-9)8-20-13(19)18-4-1-2-17-3-5-18/h6-7H,1-5,8H2. The molecular weight excluding hydrogens is 273 g/mol. The maximum Gasteiger partial charge on any atom is 0.410 e. The van der Waals surface area contributed by atoms with Crippen molar-refractivity contribution >= 4 is 6.09 Å². The lowest BCUT2D eigenvalue weighted by Gasteiger charge is -2.19. The summed E-state index contributed by atoms with van der Waals surface area (Å²) in [7, 11) is 0. The van der Waals surface area contributed by atoms with Gasteiger partial charge in [-0.05, 0) is 6.42 Å². The van der Waals surface area contributed by atoms with Crippen molar-refractivity contribution in [3.8, 4) is 0 Å². The number of carbonyl (C=O) groups is 1. The van der Waals surface area contributed by atoms with Crippen molar-refractivity contribution in [2.75, 3.05) is 26.2 Å². The van der Waals surface area contributed by atoms with E-state index < -0.39 is 35.7 Å². The predicted molar refractivity (Wildman–Crippen MR) is 64.6 cm³/mol. The number of carbonyl (C=O) groups excluding carboxylic acids is 1. The molecule has 0 bridgehead atoms. The molecule has 1 amide bonds. The third-order valence-corrected chi connectivity index (χ3v) is 2.98. The lowest BCUT2D eigenvalue weighted by atomic mass is 10.2. The van der Waals surface area contributed by atoms with Crippen LogP contribution in [0, 0.1) is 17.5 Å². The van der Waals surface area contributed by atoms with Crippen molar-refractivity contribution in [2.45, 2.75) is 13.0 Å². The number of amides is 1.